The lowest BCUT2D eigenvalue weighted by molar-refractivity contribution is 0.395. The molecule has 7 aromatic rings. The fourth-order valence-electron chi connectivity index (χ4n) is 6.18. The van der Waals surface area contributed by atoms with E-state index in [2.05, 4.69) is 179 Å². The van der Waals surface area contributed by atoms with E-state index in [4.69, 9.17) is 15.7 Å². The third-order valence-corrected chi connectivity index (χ3v) is 10.9. The van der Waals surface area contributed by atoms with Crippen molar-refractivity contribution in [3.05, 3.63) is 226 Å². The highest BCUT2D eigenvalue weighted by Gasteiger charge is 2.02. The Morgan fingerprint density at radius 2 is 0.917 bits per heavy atom. The molecule has 3 aromatic heterocycles. The highest BCUT2D eigenvalue weighted by atomic mass is 19.1. The quantitative estimate of drug-likeness (QED) is 0.155. The molecule has 0 aliphatic carbocycles. The van der Waals surface area contributed by atoms with E-state index in [1.54, 1.807) is 7.11 Å². The van der Waals surface area contributed by atoms with Crippen LogP contribution in [-0.2, 0) is 6.54 Å². The van der Waals surface area contributed by atoms with Gasteiger partial charge in [-0.25, -0.2) is 9.37 Å². The van der Waals surface area contributed by atoms with E-state index in [9.17, 15) is 4.39 Å². The lowest BCUT2D eigenvalue weighted by atomic mass is 10.0. The Labute approximate surface area is 437 Å². The number of halogens is 1. The van der Waals surface area contributed by atoms with Crippen molar-refractivity contribution in [2.75, 3.05) is 7.11 Å². The molecule has 72 heavy (non-hydrogen) atoms. The van der Waals surface area contributed by atoms with Crippen molar-refractivity contribution >= 4 is 0 Å². The number of hydrogen-bond acceptors (Lipinski definition) is 6. The molecule has 0 aliphatic heterocycles. The highest BCUT2D eigenvalue weighted by Crippen LogP contribution is 2.18. The van der Waals surface area contributed by atoms with Gasteiger partial charge in [0.1, 0.15) is 5.82 Å². The van der Waals surface area contributed by atoms with Crippen molar-refractivity contribution in [1.82, 2.24) is 15.0 Å². The highest BCUT2D eigenvalue weighted by molar-refractivity contribution is 5.32. The van der Waals surface area contributed by atoms with E-state index in [1.165, 1.54) is 45.6 Å². The van der Waals surface area contributed by atoms with Gasteiger partial charge in [0.2, 0.25) is 5.88 Å². The van der Waals surface area contributed by atoms with Crippen LogP contribution in [0.2, 0.25) is 0 Å². The number of nitrogens with two attached hydrogens (primary N) is 1. The predicted octanol–water partition coefficient (Wildman–Crippen LogP) is 18.3. The van der Waals surface area contributed by atoms with Crippen LogP contribution in [0, 0.1) is 24.1 Å². The Kier molecular flexibility index (Phi) is 33.9. The van der Waals surface area contributed by atoms with E-state index in [0.717, 1.165) is 22.6 Å². The average molecular weight is 976 g/mol. The molecule has 0 aliphatic rings. The fraction of sp³-hybridized carbons (Fsp3) is 0.385. The van der Waals surface area contributed by atoms with E-state index in [1.807, 2.05) is 98.0 Å². The Morgan fingerprint density at radius 3 is 1.31 bits per heavy atom. The Bertz CT molecular complexity index is 2360. The first-order valence-electron chi connectivity index (χ1n) is 25.2. The molecule has 388 valence electrons. The van der Waals surface area contributed by atoms with Crippen LogP contribution in [0.4, 0.5) is 4.39 Å². The number of benzene rings is 4. The van der Waals surface area contributed by atoms with Crippen molar-refractivity contribution in [3.8, 4) is 11.9 Å². The lowest BCUT2D eigenvalue weighted by Gasteiger charge is -2.05. The first-order chi connectivity index (χ1) is 33.7. The summed E-state index contributed by atoms with van der Waals surface area (Å²) in [6.45, 7) is 32.7. The van der Waals surface area contributed by atoms with Gasteiger partial charge in [0.05, 0.1) is 18.7 Å². The van der Waals surface area contributed by atoms with Gasteiger partial charge in [-0.05, 0) is 131 Å². The summed E-state index contributed by atoms with van der Waals surface area (Å²) in [5.74, 6) is 4.37. The maximum Gasteiger partial charge on any atom is 0.213 e. The SMILES string of the molecule is C.CC(C)c1ccc(C#N)cc1.CC(C)c1ccc(F)cc1.CC(C)c1cccc(CN)c1.CC(C)c1ccccc1.CC(C)c1ccccn1.COc1cccc(C(C)C)n1.Cc1cccc(C(C)C)n1. The minimum Gasteiger partial charge on any atom is -0.481 e. The Balaban J connectivity index is 0.000000816. The van der Waals surface area contributed by atoms with Gasteiger partial charge in [-0.2, -0.15) is 5.26 Å². The number of ether oxygens (including phenoxy) is 1. The first kappa shape index (κ1) is 65.5. The van der Waals surface area contributed by atoms with Crippen LogP contribution in [0.15, 0.2) is 164 Å². The molecule has 2 N–H and O–H groups in total. The molecule has 0 atom stereocenters. The van der Waals surface area contributed by atoms with Crippen molar-refractivity contribution in [1.29, 1.82) is 5.26 Å². The molecule has 7 heteroatoms. The molecule has 0 saturated heterocycles. The summed E-state index contributed by atoms with van der Waals surface area (Å²) in [5, 5.41) is 8.52. The van der Waals surface area contributed by atoms with Gasteiger partial charge >= 0.3 is 0 Å². The predicted molar refractivity (Wildman–Crippen MR) is 308 cm³/mol. The van der Waals surface area contributed by atoms with E-state index in [-0.39, 0.29) is 13.2 Å². The standard InChI is InChI=1S/C10H11N.C10H15N.C9H11F.C9H13NO.C9H13N.C9H12.C8H11N.CH4/c1-8(2)10-5-3-9(7-11)4-6-10;1-8(2)10-5-3-4-9(6-10)7-11;1-7(2)8-3-5-9(10)6-4-8;1-7(2)8-5-4-6-9(10-8)11-3;1-7(2)9-6-4-5-8(3)10-9;1-8(2)9-6-4-3-5-7-9;1-7(2)8-5-3-4-6-9-8;/h3-6,8H,1-2H3;3-6,8H,7,11H2,1-2H3;3-7H,1-2H3;4-7H,1-3H3;4-7H,1-3H3;3-8H,1-2H3;3-7H,1-2H3;1H4. The summed E-state index contributed by atoms with van der Waals surface area (Å²) in [6, 6.07) is 53.4. The van der Waals surface area contributed by atoms with Gasteiger partial charge < -0.3 is 10.5 Å². The summed E-state index contributed by atoms with van der Waals surface area (Å²) in [5.41, 5.74) is 17.2. The molecular weight excluding hydrogens is 886 g/mol. The molecule has 6 nitrogen and oxygen atoms in total. The number of rotatable bonds is 9. The van der Waals surface area contributed by atoms with E-state index in [0.29, 0.717) is 53.9 Å². The van der Waals surface area contributed by atoms with Crippen LogP contribution in [0.3, 0.4) is 0 Å². The minimum atomic E-state index is -0.163. The third kappa shape index (κ3) is 28.4. The number of nitriles is 1. The monoisotopic (exact) mass is 976 g/mol. The normalized spacial score (nSPS) is 10.1. The molecule has 0 fully saturated rings. The summed E-state index contributed by atoms with van der Waals surface area (Å²) in [7, 11) is 1.63. The molecule has 0 amide bonds. The summed E-state index contributed by atoms with van der Waals surface area (Å²) >= 11 is 0. The Hall–Kier alpha value is -6.49. The largest absolute Gasteiger partial charge is 0.481 e. The number of pyridine rings is 3. The van der Waals surface area contributed by atoms with E-state index < -0.39 is 0 Å². The lowest BCUT2D eigenvalue weighted by Crippen LogP contribution is -1.97. The van der Waals surface area contributed by atoms with E-state index >= 15 is 0 Å². The number of methoxy groups -OCH3 is 1. The Morgan fingerprint density at radius 1 is 0.486 bits per heavy atom. The van der Waals surface area contributed by atoms with Gasteiger partial charge in [0.25, 0.3) is 0 Å². The summed E-state index contributed by atoms with van der Waals surface area (Å²) in [6.07, 6.45) is 1.83. The first-order valence-corrected chi connectivity index (χ1v) is 25.2. The summed E-state index contributed by atoms with van der Waals surface area (Å²) in [4.78, 5) is 12.8. The number of nitrogens with zero attached hydrogens (tertiary/aromatic N) is 4. The van der Waals surface area contributed by atoms with Crippen LogP contribution in [-0.4, -0.2) is 22.1 Å². The van der Waals surface area contributed by atoms with Crippen LogP contribution >= 0.6 is 0 Å². The maximum absolute atomic E-state index is 12.4. The van der Waals surface area contributed by atoms with Crippen LogP contribution < -0.4 is 10.5 Å². The molecule has 4 aromatic carbocycles. The fourth-order valence-corrected chi connectivity index (χ4v) is 6.18. The van der Waals surface area contributed by atoms with Crippen molar-refractivity contribution < 1.29 is 9.13 Å². The zero-order chi connectivity index (χ0) is 53.3. The molecule has 0 radical (unpaired) electrons. The van der Waals surface area contributed by atoms with Crippen LogP contribution in [0.1, 0.15) is 202 Å². The molecule has 0 unspecified atom stereocenters. The second-order valence-corrected chi connectivity index (χ2v) is 19.3. The molecule has 0 saturated carbocycles. The van der Waals surface area contributed by atoms with Crippen LogP contribution in [0.25, 0.3) is 0 Å². The average Bonchev–Trinajstić information content (AvgIpc) is 3.38. The molecule has 0 bridgehead atoms. The number of hydrogen-bond donors (Lipinski definition) is 1. The van der Waals surface area contributed by atoms with Gasteiger partial charge in [0.15, 0.2) is 0 Å². The second kappa shape index (κ2) is 37.3. The van der Waals surface area contributed by atoms with Crippen LogP contribution in [0.5, 0.6) is 5.88 Å². The van der Waals surface area contributed by atoms with Gasteiger partial charge in [-0.1, -0.05) is 201 Å². The topological polar surface area (TPSA) is 97.7 Å². The number of aryl methyl sites for hydroxylation is 1. The molecule has 7 rings (SSSR count). The van der Waals surface area contributed by atoms with Gasteiger partial charge in [-0.3, -0.25) is 9.97 Å². The van der Waals surface area contributed by atoms with Crippen molar-refractivity contribution in [2.24, 2.45) is 5.73 Å². The number of aromatic nitrogens is 3. The minimum absolute atomic E-state index is 0. The van der Waals surface area contributed by atoms with Gasteiger partial charge in [0, 0.05) is 41.6 Å². The zero-order valence-corrected chi connectivity index (χ0v) is 46.0. The second-order valence-electron chi connectivity index (χ2n) is 19.3. The molecular formula is C65H90FN5O. The third-order valence-electron chi connectivity index (χ3n) is 10.9. The maximum atomic E-state index is 12.4. The smallest absolute Gasteiger partial charge is 0.213 e. The molecule has 0 spiro atoms. The van der Waals surface area contributed by atoms with Crippen molar-refractivity contribution in [2.45, 2.75) is 159 Å². The molecule has 3 heterocycles. The van der Waals surface area contributed by atoms with Gasteiger partial charge in [-0.15, -0.1) is 0 Å². The van der Waals surface area contributed by atoms with Crippen molar-refractivity contribution in [3.63, 3.8) is 0 Å². The zero-order valence-electron chi connectivity index (χ0n) is 46.0. The summed E-state index contributed by atoms with van der Waals surface area (Å²) < 4.78 is 17.3.